The summed E-state index contributed by atoms with van der Waals surface area (Å²) in [5.74, 6) is -0.605. The fourth-order valence-electron chi connectivity index (χ4n) is 2.76. The van der Waals surface area contributed by atoms with Crippen molar-refractivity contribution in [2.24, 2.45) is 0 Å². The van der Waals surface area contributed by atoms with Crippen LogP contribution in [0.5, 0.6) is 0 Å². The number of anilines is 2. The Morgan fingerprint density at radius 2 is 1.66 bits per heavy atom. The molecule has 0 radical (unpaired) electrons. The zero-order chi connectivity index (χ0) is 20.9. The Hall–Kier alpha value is -3.32. The van der Waals surface area contributed by atoms with Gasteiger partial charge in [-0.25, -0.2) is 13.2 Å². The van der Waals surface area contributed by atoms with Crippen LogP contribution in [0.2, 0.25) is 0 Å². The molecule has 3 rings (SSSR count). The highest BCUT2D eigenvalue weighted by molar-refractivity contribution is 7.92. The van der Waals surface area contributed by atoms with E-state index in [1.165, 1.54) is 19.2 Å². The molecule has 0 aliphatic carbocycles. The Balaban J connectivity index is 1.95. The fourth-order valence-corrected chi connectivity index (χ4v) is 4.03. The molecule has 0 atom stereocenters. The third kappa shape index (κ3) is 5.14. The molecule has 2 N–H and O–H groups in total. The molecule has 3 aromatic rings. The van der Waals surface area contributed by atoms with Gasteiger partial charge in [0.1, 0.15) is 4.90 Å². The van der Waals surface area contributed by atoms with Crippen molar-refractivity contribution in [1.82, 2.24) is 0 Å². The van der Waals surface area contributed by atoms with Gasteiger partial charge in [0.25, 0.3) is 10.0 Å². The van der Waals surface area contributed by atoms with Gasteiger partial charge in [-0.1, -0.05) is 48.0 Å². The molecule has 0 unspecified atom stereocenters. The predicted molar refractivity (Wildman–Crippen MR) is 114 cm³/mol. The first-order valence-electron chi connectivity index (χ1n) is 8.99. The summed E-state index contributed by atoms with van der Waals surface area (Å²) < 4.78 is 33.5. The van der Waals surface area contributed by atoms with Crippen LogP contribution in [-0.2, 0) is 21.3 Å². The number of methoxy groups -OCH3 is 1. The van der Waals surface area contributed by atoms with E-state index < -0.39 is 16.0 Å². The number of ether oxygens (including phenoxy) is 1. The van der Waals surface area contributed by atoms with Crippen molar-refractivity contribution in [2.75, 3.05) is 17.1 Å². The first-order valence-corrected chi connectivity index (χ1v) is 10.5. The Morgan fingerprint density at radius 3 is 2.31 bits per heavy atom. The van der Waals surface area contributed by atoms with Gasteiger partial charge < -0.3 is 10.1 Å². The maximum Gasteiger partial charge on any atom is 0.337 e. The molecule has 0 saturated heterocycles. The largest absolute Gasteiger partial charge is 0.465 e. The maximum atomic E-state index is 13.1. The van der Waals surface area contributed by atoms with Crippen LogP contribution < -0.4 is 10.0 Å². The number of carbonyl (C=O) groups excluding carboxylic acids is 1. The molecule has 0 bridgehead atoms. The van der Waals surface area contributed by atoms with E-state index in [9.17, 15) is 13.2 Å². The normalized spacial score (nSPS) is 11.0. The van der Waals surface area contributed by atoms with Crippen molar-refractivity contribution in [3.8, 4) is 0 Å². The lowest BCUT2D eigenvalue weighted by Crippen LogP contribution is -2.16. The molecule has 6 nitrogen and oxygen atoms in total. The number of esters is 1. The lowest BCUT2D eigenvalue weighted by molar-refractivity contribution is 0.0600. The van der Waals surface area contributed by atoms with Crippen molar-refractivity contribution >= 4 is 27.4 Å². The second-order valence-corrected chi connectivity index (χ2v) is 8.16. The highest BCUT2D eigenvalue weighted by Crippen LogP contribution is 2.26. The Morgan fingerprint density at radius 1 is 0.966 bits per heavy atom. The van der Waals surface area contributed by atoms with Crippen LogP contribution in [0.15, 0.2) is 77.7 Å². The summed E-state index contributed by atoms with van der Waals surface area (Å²) in [4.78, 5) is 11.9. The van der Waals surface area contributed by atoms with E-state index in [4.69, 9.17) is 4.74 Å². The predicted octanol–water partition coefficient (Wildman–Crippen LogP) is 4.19. The van der Waals surface area contributed by atoms with Crippen molar-refractivity contribution in [3.63, 3.8) is 0 Å². The minimum atomic E-state index is -3.95. The van der Waals surface area contributed by atoms with Crippen molar-refractivity contribution in [3.05, 3.63) is 89.5 Å². The van der Waals surface area contributed by atoms with Crippen LogP contribution in [-0.4, -0.2) is 21.5 Å². The van der Waals surface area contributed by atoms with Crippen LogP contribution in [0, 0.1) is 6.92 Å². The molecule has 29 heavy (non-hydrogen) atoms. The van der Waals surface area contributed by atoms with E-state index >= 15 is 0 Å². The van der Waals surface area contributed by atoms with Gasteiger partial charge in [-0.3, -0.25) is 4.72 Å². The number of benzene rings is 3. The minimum Gasteiger partial charge on any atom is -0.465 e. The standard InChI is InChI=1S/C22H22N2O4S/c1-16-8-11-19(12-9-16)24-29(26,27)21-14-18(22(25)28-2)10-13-20(21)23-15-17-6-4-3-5-7-17/h3-14,23-24H,15H2,1-2H3. The minimum absolute atomic E-state index is 0.0306. The number of nitrogens with one attached hydrogen (secondary N) is 2. The average Bonchev–Trinajstić information content (AvgIpc) is 2.74. The quantitative estimate of drug-likeness (QED) is 0.571. The molecule has 0 amide bonds. The lowest BCUT2D eigenvalue weighted by atomic mass is 10.2. The molecule has 0 heterocycles. The van der Waals surface area contributed by atoms with E-state index in [0.29, 0.717) is 17.9 Å². The Bertz CT molecular complexity index is 1100. The summed E-state index contributed by atoms with van der Waals surface area (Å²) in [6, 6.07) is 21.0. The third-order valence-corrected chi connectivity index (χ3v) is 5.74. The zero-order valence-electron chi connectivity index (χ0n) is 16.2. The Labute approximate surface area is 170 Å². The van der Waals surface area contributed by atoms with Crippen molar-refractivity contribution in [1.29, 1.82) is 0 Å². The zero-order valence-corrected chi connectivity index (χ0v) is 17.0. The molecular formula is C22H22N2O4S. The van der Waals surface area contributed by atoms with Crippen LogP contribution in [0.3, 0.4) is 0 Å². The van der Waals surface area contributed by atoms with Gasteiger partial charge >= 0.3 is 5.97 Å². The topological polar surface area (TPSA) is 84.5 Å². The maximum absolute atomic E-state index is 13.1. The molecule has 7 heteroatoms. The van der Waals surface area contributed by atoms with Crippen LogP contribution >= 0.6 is 0 Å². The van der Waals surface area contributed by atoms with Gasteiger partial charge in [-0.05, 0) is 42.8 Å². The Kier molecular flexibility index (Phi) is 6.19. The fraction of sp³-hybridized carbons (Fsp3) is 0.136. The van der Waals surface area contributed by atoms with Gasteiger partial charge in [0.15, 0.2) is 0 Å². The lowest BCUT2D eigenvalue weighted by Gasteiger charge is -2.15. The van der Waals surface area contributed by atoms with Gasteiger partial charge in [0.05, 0.1) is 18.4 Å². The molecule has 0 aromatic heterocycles. The van der Waals surface area contributed by atoms with Crippen LogP contribution in [0.1, 0.15) is 21.5 Å². The van der Waals surface area contributed by atoms with Crippen molar-refractivity contribution < 1.29 is 17.9 Å². The smallest absolute Gasteiger partial charge is 0.337 e. The van der Waals surface area contributed by atoms with Gasteiger partial charge in [0.2, 0.25) is 0 Å². The first-order chi connectivity index (χ1) is 13.9. The summed E-state index contributed by atoms with van der Waals surface area (Å²) >= 11 is 0. The number of hydrogen-bond acceptors (Lipinski definition) is 5. The summed E-state index contributed by atoms with van der Waals surface area (Å²) in [7, 11) is -2.69. The van der Waals surface area contributed by atoms with E-state index in [1.54, 1.807) is 18.2 Å². The molecule has 0 aliphatic rings. The SMILES string of the molecule is COC(=O)c1ccc(NCc2ccccc2)c(S(=O)(=O)Nc2ccc(C)cc2)c1. The van der Waals surface area contributed by atoms with E-state index in [-0.39, 0.29) is 10.5 Å². The molecular weight excluding hydrogens is 388 g/mol. The molecule has 0 aliphatic heterocycles. The van der Waals surface area contributed by atoms with Crippen LogP contribution in [0.25, 0.3) is 0 Å². The molecule has 0 saturated carbocycles. The molecule has 0 fully saturated rings. The highest BCUT2D eigenvalue weighted by atomic mass is 32.2. The second kappa shape index (κ2) is 8.79. The number of hydrogen-bond donors (Lipinski definition) is 2. The van der Waals surface area contributed by atoms with Gasteiger partial charge in [-0.15, -0.1) is 0 Å². The van der Waals surface area contributed by atoms with E-state index in [2.05, 4.69) is 10.0 Å². The summed E-state index contributed by atoms with van der Waals surface area (Å²) in [6.07, 6.45) is 0. The number of aryl methyl sites for hydroxylation is 1. The molecule has 150 valence electrons. The monoisotopic (exact) mass is 410 g/mol. The van der Waals surface area contributed by atoms with Gasteiger partial charge in [0, 0.05) is 12.2 Å². The highest BCUT2D eigenvalue weighted by Gasteiger charge is 2.21. The second-order valence-electron chi connectivity index (χ2n) is 6.51. The van der Waals surface area contributed by atoms with Gasteiger partial charge in [-0.2, -0.15) is 0 Å². The molecule has 0 spiro atoms. The van der Waals surface area contributed by atoms with E-state index in [0.717, 1.165) is 11.1 Å². The van der Waals surface area contributed by atoms with E-state index in [1.807, 2.05) is 49.4 Å². The summed E-state index contributed by atoms with van der Waals surface area (Å²) in [5, 5.41) is 3.14. The van der Waals surface area contributed by atoms with Crippen molar-refractivity contribution in [2.45, 2.75) is 18.4 Å². The summed E-state index contributed by atoms with van der Waals surface area (Å²) in [5.41, 5.74) is 3.00. The number of carbonyl (C=O) groups is 1. The number of rotatable bonds is 7. The average molecular weight is 410 g/mol. The third-order valence-electron chi connectivity index (χ3n) is 4.32. The number of sulfonamides is 1. The summed E-state index contributed by atoms with van der Waals surface area (Å²) in [6.45, 7) is 2.36. The van der Waals surface area contributed by atoms with Crippen LogP contribution in [0.4, 0.5) is 11.4 Å². The molecule has 3 aromatic carbocycles. The first kappa shape index (κ1) is 20.4.